The van der Waals surface area contributed by atoms with E-state index in [9.17, 15) is 4.79 Å². The van der Waals surface area contributed by atoms with Crippen LogP contribution in [-0.4, -0.2) is 5.97 Å². The number of carbonyl (C=O) groups is 1. The fraction of sp³-hybridized carbons (Fsp3) is 0.306. The molecular formula is C36H42O3. The van der Waals surface area contributed by atoms with Crippen LogP contribution >= 0.6 is 0 Å². The molecule has 0 aromatic heterocycles. The van der Waals surface area contributed by atoms with Crippen molar-refractivity contribution in [2.45, 2.75) is 67.4 Å². The number of esters is 1. The summed E-state index contributed by atoms with van der Waals surface area (Å²) in [6, 6.07) is 32.6. The highest BCUT2D eigenvalue weighted by atomic mass is 16.5. The van der Waals surface area contributed by atoms with Crippen molar-refractivity contribution in [1.82, 2.24) is 0 Å². The molecule has 0 aliphatic rings. The van der Waals surface area contributed by atoms with Crippen LogP contribution in [0.3, 0.4) is 0 Å². The molecule has 3 nitrogen and oxygen atoms in total. The van der Waals surface area contributed by atoms with Crippen molar-refractivity contribution in [3.63, 3.8) is 0 Å². The lowest BCUT2D eigenvalue weighted by Crippen LogP contribution is -2.17. The van der Waals surface area contributed by atoms with E-state index in [-0.39, 0.29) is 11.4 Å². The summed E-state index contributed by atoms with van der Waals surface area (Å²) in [7, 11) is 0. The molecule has 0 saturated heterocycles. The average molecular weight is 523 g/mol. The van der Waals surface area contributed by atoms with Crippen LogP contribution in [0.15, 0.2) is 97.1 Å². The Morgan fingerprint density at radius 3 is 1.67 bits per heavy atom. The van der Waals surface area contributed by atoms with Gasteiger partial charge in [0.2, 0.25) is 0 Å². The van der Waals surface area contributed by atoms with E-state index in [2.05, 4.69) is 64.1 Å². The van der Waals surface area contributed by atoms with E-state index in [1.807, 2.05) is 74.5 Å². The number of rotatable bonds is 8. The Bertz CT molecular complexity index is 1260. The minimum absolute atomic E-state index is 0.211. The summed E-state index contributed by atoms with van der Waals surface area (Å²) >= 11 is 0. The summed E-state index contributed by atoms with van der Waals surface area (Å²) in [5.74, 6) is 1.54. The Hall–Kier alpha value is -3.85. The highest BCUT2D eigenvalue weighted by molar-refractivity contribution is 5.86. The zero-order chi connectivity index (χ0) is 28.4. The minimum atomic E-state index is -0.348. The van der Waals surface area contributed by atoms with Gasteiger partial charge in [-0.2, -0.15) is 0 Å². The second-order valence-corrected chi connectivity index (χ2v) is 10.5. The predicted molar refractivity (Wildman–Crippen MR) is 163 cm³/mol. The topological polar surface area (TPSA) is 35.5 Å². The number of carbonyl (C=O) groups excluding carboxylic acids is 1. The normalized spacial score (nSPS) is 11.7. The molecule has 1 atom stereocenters. The highest BCUT2D eigenvalue weighted by Crippen LogP contribution is 2.41. The smallest absolute Gasteiger partial charge is 0.308 e. The lowest BCUT2D eigenvalue weighted by atomic mass is 9.75. The molecule has 3 heteroatoms. The SMILES string of the molecule is CC.CCC(c1ccc(OCc2cc(-c3ccccc3)c(OC(C)=O)c(-c3ccccc3)c2)cc1)C(C)(C)C. The largest absolute Gasteiger partial charge is 0.489 e. The zero-order valence-corrected chi connectivity index (χ0v) is 24.5. The van der Waals surface area contributed by atoms with Crippen molar-refractivity contribution in [3.8, 4) is 33.8 Å². The Balaban J connectivity index is 0.00000205. The maximum absolute atomic E-state index is 12.1. The van der Waals surface area contributed by atoms with Crippen molar-refractivity contribution >= 4 is 5.97 Å². The van der Waals surface area contributed by atoms with Gasteiger partial charge in [-0.05, 0) is 64.3 Å². The molecule has 0 fully saturated rings. The van der Waals surface area contributed by atoms with E-state index in [1.165, 1.54) is 12.5 Å². The average Bonchev–Trinajstić information content (AvgIpc) is 2.94. The quantitative estimate of drug-likeness (QED) is 0.171. The third-order valence-electron chi connectivity index (χ3n) is 6.71. The summed E-state index contributed by atoms with van der Waals surface area (Å²) in [6.45, 7) is 15.0. The first-order valence-corrected chi connectivity index (χ1v) is 13.9. The van der Waals surface area contributed by atoms with Crippen LogP contribution in [0.5, 0.6) is 11.5 Å². The number of benzene rings is 4. The van der Waals surface area contributed by atoms with E-state index in [1.54, 1.807) is 0 Å². The van der Waals surface area contributed by atoms with Gasteiger partial charge in [-0.25, -0.2) is 0 Å². The van der Waals surface area contributed by atoms with Crippen LogP contribution in [-0.2, 0) is 11.4 Å². The second-order valence-electron chi connectivity index (χ2n) is 10.5. The van der Waals surface area contributed by atoms with Crippen molar-refractivity contribution in [2.24, 2.45) is 5.41 Å². The van der Waals surface area contributed by atoms with Gasteiger partial charge in [0.15, 0.2) is 0 Å². The molecule has 0 amide bonds. The third kappa shape index (κ3) is 7.83. The fourth-order valence-corrected chi connectivity index (χ4v) is 5.00. The first kappa shape index (κ1) is 29.7. The highest BCUT2D eigenvalue weighted by Gasteiger charge is 2.24. The van der Waals surface area contributed by atoms with Gasteiger partial charge in [-0.15, -0.1) is 0 Å². The summed E-state index contributed by atoms with van der Waals surface area (Å²) in [5, 5.41) is 0. The summed E-state index contributed by atoms with van der Waals surface area (Å²) < 4.78 is 12.0. The summed E-state index contributed by atoms with van der Waals surface area (Å²) in [6.07, 6.45) is 1.10. The number of hydrogen-bond donors (Lipinski definition) is 0. The van der Waals surface area contributed by atoms with Crippen molar-refractivity contribution < 1.29 is 14.3 Å². The predicted octanol–water partition coefficient (Wildman–Crippen LogP) is 10.1. The number of hydrogen-bond acceptors (Lipinski definition) is 3. The van der Waals surface area contributed by atoms with Gasteiger partial charge < -0.3 is 9.47 Å². The molecule has 0 spiro atoms. The molecule has 0 heterocycles. The molecular weight excluding hydrogens is 480 g/mol. The Labute approximate surface area is 234 Å². The lowest BCUT2D eigenvalue weighted by Gasteiger charge is -2.30. The van der Waals surface area contributed by atoms with Crippen LogP contribution < -0.4 is 9.47 Å². The Morgan fingerprint density at radius 2 is 1.26 bits per heavy atom. The first-order valence-electron chi connectivity index (χ1n) is 13.9. The summed E-state index contributed by atoms with van der Waals surface area (Å²) in [4.78, 5) is 12.1. The molecule has 1 unspecified atom stereocenters. The fourth-order valence-electron chi connectivity index (χ4n) is 5.00. The van der Waals surface area contributed by atoms with Crippen molar-refractivity contribution in [1.29, 1.82) is 0 Å². The maximum Gasteiger partial charge on any atom is 0.308 e. The summed E-state index contributed by atoms with van der Waals surface area (Å²) in [5.41, 5.74) is 6.24. The lowest BCUT2D eigenvalue weighted by molar-refractivity contribution is -0.131. The molecule has 0 aliphatic carbocycles. The zero-order valence-electron chi connectivity index (χ0n) is 24.5. The van der Waals surface area contributed by atoms with E-state index in [4.69, 9.17) is 9.47 Å². The standard InChI is InChI=1S/C34H36O3.C2H6/c1-6-32(34(3,4)5)28-17-19-29(20-18-28)36-23-25-21-30(26-13-9-7-10-14-26)33(37-24(2)35)31(22-25)27-15-11-8-12-16-27;1-2/h7-22,32H,6,23H2,1-5H3;1-2H3. The molecule has 0 aliphatic heterocycles. The molecule has 0 N–H and O–H groups in total. The van der Waals surface area contributed by atoms with Gasteiger partial charge in [-0.1, -0.05) is 114 Å². The van der Waals surface area contributed by atoms with Gasteiger partial charge in [0.25, 0.3) is 0 Å². The molecule has 39 heavy (non-hydrogen) atoms. The van der Waals surface area contributed by atoms with E-state index >= 15 is 0 Å². The van der Waals surface area contributed by atoms with Gasteiger partial charge in [0.05, 0.1) is 0 Å². The molecule has 0 saturated carbocycles. The van der Waals surface area contributed by atoms with Crippen molar-refractivity contribution in [2.75, 3.05) is 0 Å². The third-order valence-corrected chi connectivity index (χ3v) is 6.71. The van der Waals surface area contributed by atoms with E-state index < -0.39 is 0 Å². The van der Waals surface area contributed by atoms with Gasteiger partial charge in [0, 0.05) is 18.1 Å². The van der Waals surface area contributed by atoms with E-state index in [0.717, 1.165) is 40.0 Å². The van der Waals surface area contributed by atoms with Gasteiger partial charge in [0.1, 0.15) is 18.1 Å². The molecule has 0 radical (unpaired) electrons. The molecule has 4 aromatic carbocycles. The van der Waals surface area contributed by atoms with Crippen LogP contribution in [0.2, 0.25) is 0 Å². The number of ether oxygens (including phenoxy) is 2. The first-order chi connectivity index (χ1) is 18.8. The molecule has 204 valence electrons. The molecule has 0 bridgehead atoms. The van der Waals surface area contributed by atoms with Gasteiger partial charge in [-0.3, -0.25) is 4.79 Å². The minimum Gasteiger partial charge on any atom is -0.489 e. The second kappa shape index (κ2) is 13.8. The Morgan fingerprint density at radius 1 is 0.769 bits per heavy atom. The van der Waals surface area contributed by atoms with Crippen LogP contribution in [0.25, 0.3) is 22.3 Å². The van der Waals surface area contributed by atoms with Crippen LogP contribution in [0.4, 0.5) is 0 Å². The van der Waals surface area contributed by atoms with Crippen LogP contribution in [0.1, 0.15) is 71.9 Å². The Kier molecular flexibility index (Phi) is 10.5. The van der Waals surface area contributed by atoms with Gasteiger partial charge >= 0.3 is 5.97 Å². The monoisotopic (exact) mass is 522 g/mol. The maximum atomic E-state index is 12.1. The molecule has 4 rings (SSSR count). The van der Waals surface area contributed by atoms with E-state index in [0.29, 0.717) is 18.3 Å². The molecule has 4 aromatic rings. The van der Waals surface area contributed by atoms with Crippen molar-refractivity contribution in [3.05, 3.63) is 108 Å². The van der Waals surface area contributed by atoms with Crippen LogP contribution in [0, 0.1) is 5.41 Å².